The Labute approximate surface area is 156 Å². The first kappa shape index (κ1) is 17.5. The SMILES string of the molecule is O=C1C[C@H](c2noc(-c3cc(F)ccc3F)n2)CN1c1ccc(F)c(Cl)c1. The van der Waals surface area contributed by atoms with Crippen molar-refractivity contribution in [3.05, 3.63) is 64.7 Å². The Bertz CT molecular complexity index is 1040. The quantitative estimate of drug-likeness (QED) is 0.664. The molecule has 0 unspecified atom stereocenters. The number of carbonyl (C=O) groups is 1. The van der Waals surface area contributed by atoms with E-state index in [2.05, 4.69) is 10.1 Å². The minimum absolute atomic E-state index is 0.0906. The standard InChI is InChI=1S/C18H11ClF3N3O2/c19-13-7-11(2-4-15(13)22)25-8-9(5-16(25)26)17-23-18(27-24-17)12-6-10(20)1-3-14(12)21/h1-4,6-7,9H,5,8H2/t9-/m0/s1. The molecule has 3 aromatic rings. The van der Waals surface area contributed by atoms with Crippen LogP contribution in [0.25, 0.3) is 11.5 Å². The van der Waals surface area contributed by atoms with Gasteiger partial charge in [-0.2, -0.15) is 4.98 Å². The van der Waals surface area contributed by atoms with Crippen molar-refractivity contribution in [1.29, 1.82) is 0 Å². The summed E-state index contributed by atoms with van der Waals surface area (Å²) in [6, 6.07) is 6.90. The van der Waals surface area contributed by atoms with Gasteiger partial charge in [0.25, 0.3) is 5.89 Å². The fraction of sp³-hybridized carbons (Fsp3) is 0.167. The van der Waals surface area contributed by atoms with Crippen molar-refractivity contribution in [2.45, 2.75) is 12.3 Å². The average molecular weight is 394 g/mol. The number of anilines is 1. The van der Waals surface area contributed by atoms with Gasteiger partial charge in [-0.15, -0.1) is 0 Å². The first-order valence-corrected chi connectivity index (χ1v) is 8.34. The summed E-state index contributed by atoms with van der Waals surface area (Å²) in [5.41, 5.74) is 0.300. The van der Waals surface area contributed by atoms with Crippen molar-refractivity contribution in [1.82, 2.24) is 10.1 Å². The zero-order valence-electron chi connectivity index (χ0n) is 13.6. The lowest BCUT2D eigenvalue weighted by Gasteiger charge is -2.16. The number of hydrogen-bond donors (Lipinski definition) is 0. The summed E-state index contributed by atoms with van der Waals surface area (Å²) >= 11 is 5.77. The zero-order valence-corrected chi connectivity index (χ0v) is 14.4. The Morgan fingerprint density at radius 1 is 1.11 bits per heavy atom. The molecule has 27 heavy (non-hydrogen) atoms. The van der Waals surface area contributed by atoms with Crippen LogP contribution in [0.5, 0.6) is 0 Å². The highest BCUT2D eigenvalue weighted by Crippen LogP contribution is 2.33. The highest BCUT2D eigenvalue weighted by molar-refractivity contribution is 6.31. The maximum absolute atomic E-state index is 13.9. The van der Waals surface area contributed by atoms with Gasteiger partial charge in [-0.25, -0.2) is 13.2 Å². The molecule has 5 nitrogen and oxygen atoms in total. The van der Waals surface area contributed by atoms with Crippen molar-refractivity contribution in [3.63, 3.8) is 0 Å². The van der Waals surface area contributed by atoms with Gasteiger partial charge in [-0.3, -0.25) is 4.79 Å². The van der Waals surface area contributed by atoms with E-state index in [4.69, 9.17) is 16.1 Å². The third-order valence-electron chi connectivity index (χ3n) is 4.31. The van der Waals surface area contributed by atoms with Crippen LogP contribution in [-0.4, -0.2) is 22.6 Å². The number of amides is 1. The largest absolute Gasteiger partial charge is 0.334 e. The lowest BCUT2D eigenvalue weighted by Crippen LogP contribution is -2.24. The fourth-order valence-corrected chi connectivity index (χ4v) is 3.13. The Morgan fingerprint density at radius 3 is 2.67 bits per heavy atom. The van der Waals surface area contributed by atoms with Crippen LogP contribution < -0.4 is 4.90 Å². The molecule has 1 amide bonds. The number of rotatable bonds is 3. The number of carbonyl (C=O) groups excluding carboxylic acids is 1. The van der Waals surface area contributed by atoms with E-state index < -0.39 is 23.4 Å². The smallest absolute Gasteiger partial charge is 0.261 e. The van der Waals surface area contributed by atoms with Gasteiger partial charge in [-0.05, 0) is 36.4 Å². The summed E-state index contributed by atoms with van der Waals surface area (Å²) < 4.78 is 45.6. The third-order valence-corrected chi connectivity index (χ3v) is 4.60. The minimum atomic E-state index is -0.698. The third kappa shape index (κ3) is 3.28. The fourth-order valence-electron chi connectivity index (χ4n) is 2.95. The van der Waals surface area contributed by atoms with Crippen LogP contribution in [0, 0.1) is 17.5 Å². The molecule has 0 N–H and O–H groups in total. The second-order valence-corrected chi connectivity index (χ2v) is 6.49. The molecular weight excluding hydrogens is 383 g/mol. The maximum atomic E-state index is 13.9. The van der Waals surface area contributed by atoms with Crippen LogP contribution in [0.15, 0.2) is 40.9 Å². The van der Waals surface area contributed by atoms with Gasteiger partial charge in [0.05, 0.1) is 10.6 Å². The average Bonchev–Trinajstić information content (AvgIpc) is 3.26. The molecule has 4 rings (SSSR count). The molecule has 0 bridgehead atoms. The van der Waals surface area contributed by atoms with Gasteiger partial charge in [0, 0.05) is 24.6 Å². The van der Waals surface area contributed by atoms with Crippen LogP contribution in [0.1, 0.15) is 18.2 Å². The molecule has 138 valence electrons. The van der Waals surface area contributed by atoms with Crippen LogP contribution in [0.4, 0.5) is 18.9 Å². The highest BCUT2D eigenvalue weighted by Gasteiger charge is 2.35. The van der Waals surface area contributed by atoms with Crippen LogP contribution in [0.3, 0.4) is 0 Å². The molecule has 1 atom stereocenters. The summed E-state index contributed by atoms with van der Waals surface area (Å²) in [7, 11) is 0. The van der Waals surface area contributed by atoms with Gasteiger partial charge in [0.15, 0.2) is 5.82 Å². The van der Waals surface area contributed by atoms with Crippen molar-refractivity contribution in [3.8, 4) is 11.5 Å². The Morgan fingerprint density at radius 2 is 1.89 bits per heavy atom. The topological polar surface area (TPSA) is 59.2 Å². The van der Waals surface area contributed by atoms with Gasteiger partial charge in [0.2, 0.25) is 5.91 Å². The second-order valence-electron chi connectivity index (χ2n) is 6.09. The van der Waals surface area contributed by atoms with Gasteiger partial charge in [-0.1, -0.05) is 16.8 Å². The molecule has 2 heterocycles. The Kier molecular flexibility index (Phi) is 4.35. The molecule has 0 saturated carbocycles. The van der Waals surface area contributed by atoms with E-state index in [1.165, 1.54) is 23.1 Å². The first-order chi connectivity index (χ1) is 12.9. The summed E-state index contributed by atoms with van der Waals surface area (Å²) in [4.78, 5) is 17.9. The number of hydrogen-bond acceptors (Lipinski definition) is 4. The summed E-state index contributed by atoms with van der Waals surface area (Å²) in [6.45, 7) is 0.228. The normalized spacial score (nSPS) is 17.0. The lowest BCUT2D eigenvalue weighted by atomic mass is 10.1. The lowest BCUT2D eigenvalue weighted by molar-refractivity contribution is -0.117. The van der Waals surface area contributed by atoms with E-state index in [1.807, 2.05) is 0 Å². The van der Waals surface area contributed by atoms with Gasteiger partial charge < -0.3 is 9.42 Å². The van der Waals surface area contributed by atoms with E-state index in [9.17, 15) is 18.0 Å². The van der Waals surface area contributed by atoms with Crippen molar-refractivity contribution in [2.24, 2.45) is 0 Å². The van der Waals surface area contributed by atoms with Gasteiger partial charge in [0.1, 0.15) is 17.5 Å². The molecule has 1 saturated heterocycles. The molecule has 1 aliphatic heterocycles. The Hall–Kier alpha value is -2.87. The molecule has 1 aromatic heterocycles. The number of halogens is 4. The molecule has 0 radical (unpaired) electrons. The monoisotopic (exact) mass is 393 g/mol. The predicted octanol–water partition coefficient (Wildman–Crippen LogP) is 4.33. The molecule has 1 aliphatic rings. The first-order valence-electron chi connectivity index (χ1n) is 7.97. The van der Waals surface area contributed by atoms with E-state index in [0.717, 1.165) is 18.2 Å². The van der Waals surface area contributed by atoms with E-state index in [0.29, 0.717) is 5.69 Å². The van der Waals surface area contributed by atoms with Crippen LogP contribution in [0.2, 0.25) is 5.02 Å². The maximum Gasteiger partial charge on any atom is 0.261 e. The molecule has 1 fully saturated rings. The Balaban J connectivity index is 1.58. The van der Waals surface area contributed by atoms with Gasteiger partial charge >= 0.3 is 0 Å². The summed E-state index contributed by atoms with van der Waals surface area (Å²) in [5, 5.41) is 3.71. The van der Waals surface area contributed by atoms with Crippen molar-refractivity contribution >= 4 is 23.2 Å². The molecule has 0 spiro atoms. The van der Waals surface area contributed by atoms with Crippen molar-refractivity contribution < 1.29 is 22.5 Å². The second kappa shape index (κ2) is 6.70. The number of aromatic nitrogens is 2. The predicted molar refractivity (Wildman–Crippen MR) is 90.8 cm³/mol. The van der Waals surface area contributed by atoms with Crippen molar-refractivity contribution in [2.75, 3.05) is 11.4 Å². The van der Waals surface area contributed by atoms with E-state index >= 15 is 0 Å². The summed E-state index contributed by atoms with van der Waals surface area (Å²) in [5.74, 6) is -2.50. The molecule has 9 heteroatoms. The molecule has 0 aliphatic carbocycles. The number of nitrogens with zero attached hydrogens (tertiary/aromatic N) is 3. The zero-order chi connectivity index (χ0) is 19.1. The highest BCUT2D eigenvalue weighted by atomic mass is 35.5. The van der Waals surface area contributed by atoms with E-state index in [-0.39, 0.29) is 41.2 Å². The summed E-state index contributed by atoms with van der Waals surface area (Å²) in [6.07, 6.45) is 0.0968. The molecular formula is C18H11ClF3N3O2. The van der Waals surface area contributed by atoms with E-state index in [1.54, 1.807) is 0 Å². The molecule has 2 aromatic carbocycles. The van der Waals surface area contributed by atoms with Crippen LogP contribution in [-0.2, 0) is 4.79 Å². The number of benzene rings is 2. The van der Waals surface area contributed by atoms with Crippen LogP contribution >= 0.6 is 11.6 Å². The minimum Gasteiger partial charge on any atom is -0.334 e.